The van der Waals surface area contributed by atoms with Gasteiger partial charge in [-0.15, -0.1) is 0 Å². The Kier molecular flexibility index (Phi) is 4.21. The number of fused-ring (bicyclic) bond motifs is 4. The molecule has 0 saturated carbocycles. The van der Waals surface area contributed by atoms with Crippen LogP contribution in [0.2, 0.25) is 0 Å². The Balaban J connectivity index is 1.47. The smallest absolute Gasteiger partial charge is 0.347 e. The van der Waals surface area contributed by atoms with Crippen molar-refractivity contribution in [2.75, 3.05) is 5.75 Å². The standard InChI is InChI=1S/C23H15NO4S/c1-13-6-8-21-18(10-13)24-23(28-21)29-12-19(25)17-11-16-15-5-3-2-4-14(15)7-9-20(16)27-22(17)26/h2-11H,12H2,1H3. The predicted molar refractivity (Wildman–Crippen MR) is 114 cm³/mol. The minimum absolute atomic E-state index is 0.0346. The van der Waals surface area contributed by atoms with Crippen molar-refractivity contribution >= 4 is 50.4 Å². The molecule has 29 heavy (non-hydrogen) atoms. The summed E-state index contributed by atoms with van der Waals surface area (Å²) in [6.45, 7) is 1.98. The molecule has 0 unspecified atom stereocenters. The fourth-order valence-corrected chi connectivity index (χ4v) is 4.07. The van der Waals surface area contributed by atoms with E-state index in [1.165, 1.54) is 0 Å². The maximum atomic E-state index is 12.7. The van der Waals surface area contributed by atoms with Gasteiger partial charge in [0.25, 0.3) is 5.22 Å². The molecule has 5 nitrogen and oxygen atoms in total. The lowest BCUT2D eigenvalue weighted by molar-refractivity contribution is 0.101. The Bertz CT molecular complexity index is 1460. The van der Waals surface area contributed by atoms with Crippen LogP contribution in [0, 0.1) is 6.92 Å². The average molecular weight is 401 g/mol. The molecule has 0 aliphatic rings. The highest BCUT2D eigenvalue weighted by Gasteiger charge is 2.17. The predicted octanol–water partition coefficient (Wildman–Crippen LogP) is 5.37. The van der Waals surface area contributed by atoms with E-state index in [1.54, 1.807) is 12.1 Å². The summed E-state index contributed by atoms with van der Waals surface area (Å²) in [6, 6.07) is 18.8. The van der Waals surface area contributed by atoms with Crippen LogP contribution in [0.4, 0.5) is 0 Å². The van der Waals surface area contributed by atoms with Gasteiger partial charge in [0.2, 0.25) is 0 Å². The van der Waals surface area contributed by atoms with Crippen LogP contribution in [0.1, 0.15) is 15.9 Å². The minimum atomic E-state index is -0.633. The summed E-state index contributed by atoms with van der Waals surface area (Å²) in [7, 11) is 0. The van der Waals surface area contributed by atoms with E-state index in [1.807, 2.05) is 55.5 Å². The van der Waals surface area contributed by atoms with E-state index in [9.17, 15) is 9.59 Å². The van der Waals surface area contributed by atoms with Crippen LogP contribution in [-0.2, 0) is 0 Å². The van der Waals surface area contributed by atoms with Gasteiger partial charge in [-0.25, -0.2) is 9.78 Å². The maximum Gasteiger partial charge on any atom is 0.347 e. The van der Waals surface area contributed by atoms with E-state index in [0.29, 0.717) is 16.4 Å². The molecule has 142 valence electrons. The molecule has 2 aromatic heterocycles. The molecule has 0 saturated heterocycles. The number of benzene rings is 3. The van der Waals surface area contributed by atoms with E-state index in [0.717, 1.165) is 39.0 Å². The summed E-state index contributed by atoms with van der Waals surface area (Å²) in [6.07, 6.45) is 0. The van der Waals surface area contributed by atoms with Crippen LogP contribution < -0.4 is 5.63 Å². The van der Waals surface area contributed by atoms with Crippen molar-refractivity contribution in [3.63, 3.8) is 0 Å². The zero-order valence-electron chi connectivity index (χ0n) is 15.5. The number of aryl methyl sites for hydroxylation is 1. The number of oxazole rings is 1. The van der Waals surface area contributed by atoms with Gasteiger partial charge in [0, 0.05) is 5.39 Å². The lowest BCUT2D eigenvalue weighted by Crippen LogP contribution is -2.15. The summed E-state index contributed by atoms with van der Waals surface area (Å²) >= 11 is 1.16. The third-order valence-corrected chi connectivity index (χ3v) is 5.62. The summed E-state index contributed by atoms with van der Waals surface area (Å²) in [5.41, 5.74) is 2.37. The molecular weight excluding hydrogens is 386 g/mol. The molecule has 0 spiro atoms. The fraction of sp³-hybridized carbons (Fsp3) is 0.0870. The van der Waals surface area contributed by atoms with E-state index >= 15 is 0 Å². The highest BCUT2D eigenvalue weighted by molar-refractivity contribution is 7.99. The molecule has 5 rings (SSSR count). The van der Waals surface area contributed by atoms with Crippen molar-refractivity contribution in [3.05, 3.63) is 82.2 Å². The third-order valence-electron chi connectivity index (χ3n) is 4.79. The molecule has 0 radical (unpaired) electrons. The monoisotopic (exact) mass is 401 g/mol. The highest BCUT2D eigenvalue weighted by Crippen LogP contribution is 2.27. The van der Waals surface area contributed by atoms with Gasteiger partial charge in [0.15, 0.2) is 11.4 Å². The van der Waals surface area contributed by atoms with Crippen molar-refractivity contribution in [1.29, 1.82) is 0 Å². The Morgan fingerprint density at radius 1 is 0.966 bits per heavy atom. The number of rotatable bonds is 4. The number of hydrogen-bond acceptors (Lipinski definition) is 6. The quantitative estimate of drug-likeness (QED) is 0.174. The second-order valence-electron chi connectivity index (χ2n) is 6.81. The second-order valence-corrected chi connectivity index (χ2v) is 7.74. The minimum Gasteiger partial charge on any atom is -0.431 e. The van der Waals surface area contributed by atoms with Gasteiger partial charge in [-0.1, -0.05) is 48.2 Å². The van der Waals surface area contributed by atoms with E-state index in [2.05, 4.69) is 4.98 Å². The van der Waals surface area contributed by atoms with E-state index < -0.39 is 5.63 Å². The fourth-order valence-electron chi connectivity index (χ4n) is 3.35. The molecular formula is C23H15NO4S. The molecule has 0 atom stereocenters. The number of hydrogen-bond donors (Lipinski definition) is 0. The second kappa shape index (κ2) is 6.90. The number of ketones is 1. The first-order valence-corrected chi connectivity index (χ1v) is 10.1. The van der Waals surface area contributed by atoms with Crippen LogP contribution >= 0.6 is 11.8 Å². The molecule has 0 aliphatic carbocycles. The summed E-state index contributed by atoms with van der Waals surface area (Å²) in [5, 5.41) is 3.09. The number of thioether (sulfide) groups is 1. The Labute approximate surface area is 169 Å². The molecule has 6 heteroatoms. The number of nitrogens with zero attached hydrogens (tertiary/aromatic N) is 1. The van der Waals surface area contributed by atoms with Crippen molar-refractivity contribution in [2.45, 2.75) is 12.1 Å². The van der Waals surface area contributed by atoms with Crippen LogP contribution in [0.5, 0.6) is 0 Å². The SMILES string of the molecule is Cc1ccc2oc(SCC(=O)c3cc4c(ccc5ccccc54)oc3=O)nc2c1. The average Bonchev–Trinajstić information content (AvgIpc) is 3.13. The molecule has 0 amide bonds. The normalized spacial score (nSPS) is 11.5. The summed E-state index contributed by atoms with van der Waals surface area (Å²) in [5.74, 6) is -0.288. The van der Waals surface area contributed by atoms with Crippen molar-refractivity contribution < 1.29 is 13.6 Å². The van der Waals surface area contributed by atoms with Gasteiger partial charge in [-0.2, -0.15) is 0 Å². The van der Waals surface area contributed by atoms with Gasteiger partial charge in [-0.3, -0.25) is 4.79 Å². The topological polar surface area (TPSA) is 73.3 Å². The van der Waals surface area contributed by atoms with E-state index in [-0.39, 0.29) is 17.1 Å². The zero-order valence-corrected chi connectivity index (χ0v) is 16.3. The van der Waals surface area contributed by atoms with Gasteiger partial charge >= 0.3 is 5.63 Å². The van der Waals surface area contributed by atoms with Gasteiger partial charge in [0.1, 0.15) is 16.7 Å². The van der Waals surface area contributed by atoms with Crippen molar-refractivity contribution in [3.8, 4) is 0 Å². The van der Waals surface area contributed by atoms with Crippen molar-refractivity contribution in [1.82, 2.24) is 4.98 Å². The van der Waals surface area contributed by atoms with Crippen LogP contribution in [0.25, 0.3) is 32.8 Å². The van der Waals surface area contributed by atoms with Crippen LogP contribution in [0.15, 0.2) is 79.5 Å². The number of carbonyl (C=O) groups is 1. The number of carbonyl (C=O) groups excluding carboxylic acids is 1. The lowest BCUT2D eigenvalue weighted by atomic mass is 10.0. The maximum absolute atomic E-state index is 12.7. The van der Waals surface area contributed by atoms with Gasteiger partial charge < -0.3 is 8.83 Å². The zero-order chi connectivity index (χ0) is 20.0. The first kappa shape index (κ1) is 17.7. The summed E-state index contributed by atoms with van der Waals surface area (Å²) < 4.78 is 11.1. The van der Waals surface area contributed by atoms with Crippen LogP contribution in [0.3, 0.4) is 0 Å². The van der Waals surface area contributed by atoms with Gasteiger partial charge in [0.05, 0.1) is 5.75 Å². The lowest BCUT2D eigenvalue weighted by Gasteiger charge is -2.04. The first-order chi connectivity index (χ1) is 14.1. The molecule has 0 aliphatic heterocycles. The van der Waals surface area contributed by atoms with Gasteiger partial charge in [-0.05, 0) is 47.5 Å². The Morgan fingerprint density at radius 3 is 2.69 bits per heavy atom. The number of Topliss-reactive ketones (excluding diaryl/α,β-unsaturated/α-hetero) is 1. The molecule has 0 fully saturated rings. The molecule has 0 N–H and O–H groups in total. The van der Waals surface area contributed by atoms with E-state index in [4.69, 9.17) is 8.83 Å². The largest absolute Gasteiger partial charge is 0.431 e. The third kappa shape index (κ3) is 3.21. The molecule has 3 aromatic carbocycles. The van der Waals surface area contributed by atoms with Crippen LogP contribution in [-0.4, -0.2) is 16.5 Å². The molecule has 5 aromatic rings. The highest BCUT2D eigenvalue weighted by atomic mass is 32.2. The number of aromatic nitrogens is 1. The molecule has 0 bridgehead atoms. The summed E-state index contributed by atoms with van der Waals surface area (Å²) in [4.78, 5) is 29.5. The Hall–Kier alpha value is -3.38. The van der Waals surface area contributed by atoms with Crippen molar-refractivity contribution in [2.24, 2.45) is 0 Å². The molecule has 2 heterocycles. The first-order valence-electron chi connectivity index (χ1n) is 9.07. The Morgan fingerprint density at radius 2 is 1.79 bits per heavy atom.